The van der Waals surface area contributed by atoms with Gasteiger partial charge in [-0.3, -0.25) is 4.79 Å². The van der Waals surface area contributed by atoms with Crippen LogP contribution in [0, 0.1) is 0 Å². The summed E-state index contributed by atoms with van der Waals surface area (Å²) in [4.78, 5) is 13.3. The van der Waals surface area contributed by atoms with Crippen molar-refractivity contribution < 1.29 is 9.90 Å². The van der Waals surface area contributed by atoms with Crippen molar-refractivity contribution in [2.24, 2.45) is 5.73 Å². The maximum absolute atomic E-state index is 11.5. The van der Waals surface area contributed by atoms with Crippen LogP contribution in [0.2, 0.25) is 0 Å². The Hall–Kier alpha value is -0.610. The van der Waals surface area contributed by atoms with Gasteiger partial charge in [0.15, 0.2) is 0 Å². The number of likely N-dealkylation sites (tertiary alicyclic amines) is 1. The molecule has 0 aromatic rings. The van der Waals surface area contributed by atoms with Crippen LogP contribution in [-0.4, -0.2) is 41.7 Å². The summed E-state index contributed by atoms with van der Waals surface area (Å²) in [5.74, 6) is 0.0395. The lowest BCUT2D eigenvalue weighted by Crippen LogP contribution is -2.47. The van der Waals surface area contributed by atoms with Crippen LogP contribution in [0.4, 0.5) is 0 Å². The molecule has 1 heterocycles. The molecule has 1 rings (SSSR count). The van der Waals surface area contributed by atoms with Crippen LogP contribution in [0.25, 0.3) is 0 Å². The third-order valence-corrected chi connectivity index (χ3v) is 2.55. The van der Waals surface area contributed by atoms with Crippen LogP contribution in [0.5, 0.6) is 0 Å². The molecule has 3 N–H and O–H groups in total. The molecule has 4 nitrogen and oxygen atoms in total. The zero-order chi connectivity index (χ0) is 9.68. The van der Waals surface area contributed by atoms with Crippen molar-refractivity contribution in [3.63, 3.8) is 0 Å². The number of rotatable bonds is 3. The maximum Gasteiger partial charge on any atom is 0.225 e. The fourth-order valence-electron chi connectivity index (χ4n) is 1.81. The smallest absolute Gasteiger partial charge is 0.225 e. The standard InChI is InChI=1S/C9H18N2O2/c10-7-8-3-1-2-5-11(8)9(13)4-6-12/h8,12H,1-7,10H2. The zero-order valence-corrected chi connectivity index (χ0v) is 7.91. The number of hydrogen-bond donors (Lipinski definition) is 2. The highest BCUT2D eigenvalue weighted by Crippen LogP contribution is 2.16. The first-order valence-corrected chi connectivity index (χ1v) is 4.90. The molecule has 0 radical (unpaired) electrons. The van der Waals surface area contributed by atoms with E-state index in [2.05, 4.69) is 0 Å². The van der Waals surface area contributed by atoms with Gasteiger partial charge in [0.1, 0.15) is 0 Å². The van der Waals surface area contributed by atoms with Gasteiger partial charge < -0.3 is 15.7 Å². The minimum absolute atomic E-state index is 0.0395. The molecule has 0 aliphatic carbocycles. The van der Waals surface area contributed by atoms with Crippen LogP contribution in [0.15, 0.2) is 0 Å². The Kier molecular flexibility index (Phi) is 4.18. The van der Waals surface area contributed by atoms with Gasteiger partial charge in [-0.1, -0.05) is 0 Å². The molecule has 0 saturated carbocycles. The molecule has 0 aromatic carbocycles. The van der Waals surface area contributed by atoms with Crippen LogP contribution < -0.4 is 5.73 Å². The number of carbonyl (C=O) groups is 1. The minimum atomic E-state index is -0.0629. The Morgan fingerprint density at radius 2 is 2.31 bits per heavy atom. The van der Waals surface area contributed by atoms with E-state index in [-0.39, 0.29) is 25.0 Å². The van der Waals surface area contributed by atoms with Crippen molar-refractivity contribution in [2.75, 3.05) is 19.7 Å². The third kappa shape index (κ3) is 2.67. The van der Waals surface area contributed by atoms with E-state index in [4.69, 9.17) is 10.8 Å². The van der Waals surface area contributed by atoms with Crippen molar-refractivity contribution in [2.45, 2.75) is 31.7 Å². The highest BCUT2D eigenvalue weighted by atomic mass is 16.3. The van der Waals surface area contributed by atoms with Crippen LogP contribution >= 0.6 is 0 Å². The lowest BCUT2D eigenvalue weighted by molar-refractivity contribution is -0.135. The van der Waals surface area contributed by atoms with Gasteiger partial charge >= 0.3 is 0 Å². The largest absolute Gasteiger partial charge is 0.396 e. The number of piperidine rings is 1. The van der Waals surface area contributed by atoms with Crippen molar-refractivity contribution in [3.8, 4) is 0 Å². The van der Waals surface area contributed by atoms with Crippen LogP contribution in [0.1, 0.15) is 25.7 Å². The molecule has 1 amide bonds. The number of nitrogens with two attached hydrogens (primary N) is 1. The molecule has 76 valence electrons. The fraction of sp³-hybridized carbons (Fsp3) is 0.889. The summed E-state index contributed by atoms with van der Waals surface area (Å²) in [5.41, 5.74) is 5.57. The zero-order valence-electron chi connectivity index (χ0n) is 7.91. The summed E-state index contributed by atoms with van der Waals surface area (Å²) in [7, 11) is 0. The summed E-state index contributed by atoms with van der Waals surface area (Å²) in [6.07, 6.45) is 3.46. The second kappa shape index (κ2) is 5.19. The maximum atomic E-state index is 11.5. The average Bonchev–Trinajstić information content (AvgIpc) is 2.18. The SMILES string of the molecule is NCC1CCCCN1C(=O)CCO. The molecular weight excluding hydrogens is 168 g/mol. The van der Waals surface area contributed by atoms with Gasteiger partial charge in [-0.25, -0.2) is 0 Å². The van der Waals surface area contributed by atoms with Gasteiger partial charge in [0.25, 0.3) is 0 Å². The normalized spacial score (nSPS) is 23.2. The summed E-state index contributed by atoms with van der Waals surface area (Å²) in [6.45, 7) is 1.28. The van der Waals surface area contributed by atoms with Crippen LogP contribution in [-0.2, 0) is 4.79 Å². The molecule has 0 spiro atoms. The van der Waals surface area contributed by atoms with Crippen molar-refractivity contribution in [1.29, 1.82) is 0 Å². The first kappa shape index (κ1) is 10.5. The van der Waals surface area contributed by atoms with E-state index >= 15 is 0 Å². The van der Waals surface area contributed by atoms with Gasteiger partial charge in [0.2, 0.25) is 5.91 Å². The van der Waals surface area contributed by atoms with E-state index in [1.165, 1.54) is 0 Å². The Bertz CT molecular complexity index is 173. The minimum Gasteiger partial charge on any atom is -0.396 e. The predicted molar refractivity (Wildman–Crippen MR) is 50.1 cm³/mol. The number of amides is 1. The Morgan fingerprint density at radius 3 is 2.92 bits per heavy atom. The van der Waals surface area contributed by atoms with E-state index in [9.17, 15) is 4.79 Å². The number of carbonyl (C=O) groups excluding carboxylic acids is 1. The van der Waals surface area contributed by atoms with Crippen molar-refractivity contribution in [3.05, 3.63) is 0 Å². The van der Waals surface area contributed by atoms with E-state index in [0.717, 1.165) is 25.8 Å². The topological polar surface area (TPSA) is 66.6 Å². The van der Waals surface area contributed by atoms with Gasteiger partial charge in [0.05, 0.1) is 6.61 Å². The molecule has 0 bridgehead atoms. The average molecular weight is 186 g/mol. The van der Waals surface area contributed by atoms with Gasteiger partial charge in [-0.2, -0.15) is 0 Å². The first-order valence-electron chi connectivity index (χ1n) is 4.90. The van der Waals surface area contributed by atoms with E-state index in [1.54, 1.807) is 0 Å². The lowest BCUT2D eigenvalue weighted by Gasteiger charge is -2.35. The molecule has 4 heteroatoms. The van der Waals surface area contributed by atoms with E-state index in [1.807, 2.05) is 4.90 Å². The molecule has 1 aliphatic heterocycles. The molecular formula is C9H18N2O2. The third-order valence-electron chi connectivity index (χ3n) is 2.55. The molecule has 1 unspecified atom stereocenters. The Balaban J connectivity index is 2.48. The molecule has 0 aromatic heterocycles. The summed E-state index contributed by atoms with van der Waals surface area (Å²) in [5, 5.41) is 8.65. The van der Waals surface area contributed by atoms with Crippen LogP contribution in [0.3, 0.4) is 0 Å². The highest BCUT2D eigenvalue weighted by molar-refractivity contribution is 5.76. The number of hydrogen-bond acceptors (Lipinski definition) is 3. The van der Waals surface area contributed by atoms with Crippen molar-refractivity contribution in [1.82, 2.24) is 4.90 Å². The number of aliphatic hydroxyl groups is 1. The molecule has 1 saturated heterocycles. The Morgan fingerprint density at radius 1 is 1.54 bits per heavy atom. The number of nitrogens with zero attached hydrogens (tertiary/aromatic N) is 1. The van der Waals surface area contributed by atoms with E-state index < -0.39 is 0 Å². The molecule has 1 aliphatic rings. The second-order valence-corrected chi connectivity index (χ2v) is 3.45. The quantitative estimate of drug-likeness (QED) is 0.636. The second-order valence-electron chi connectivity index (χ2n) is 3.45. The number of aliphatic hydroxyl groups excluding tert-OH is 1. The van der Waals surface area contributed by atoms with E-state index in [0.29, 0.717) is 6.54 Å². The monoisotopic (exact) mass is 186 g/mol. The first-order chi connectivity index (χ1) is 6.29. The fourth-order valence-corrected chi connectivity index (χ4v) is 1.81. The highest BCUT2D eigenvalue weighted by Gasteiger charge is 2.24. The molecule has 1 atom stereocenters. The van der Waals surface area contributed by atoms with Gasteiger partial charge in [0, 0.05) is 25.6 Å². The lowest BCUT2D eigenvalue weighted by atomic mass is 10.0. The Labute approximate surface area is 78.7 Å². The predicted octanol–water partition coefficient (Wildman–Crippen LogP) is -0.291. The summed E-state index contributed by atoms with van der Waals surface area (Å²) >= 11 is 0. The summed E-state index contributed by atoms with van der Waals surface area (Å²) < 4.78 is 0. The summed E-state index contributed by atoms with van der Waals surface area (Å²) in [6, 6.07) is 0.202. The molecule has 1 fully saturated rings. The van der Waals surface area contributed by atoms with Crippen molar-refractivity contribution >= 4 is 5.91 Å². The molecule has 13 heavy (non-hydrogen) atoms. The van der Waals surface area contributed by atoms with Gasteiger partial charge in [-0.15, -0.1) is 0 Å². The van der Waals surface area contributed by atoms with Gasteiger partial charge in [-0.05, 0) is 19.3 Å².